The van der Waals surface area contributed by atoms with E-state index in [4.69, 9.17) is 5.73 Å². The molecule has 0 radical (unpaired) electrons. The van der Waals surface area contributed by atoms with E-state index in [2.05, 4.69) is 10.6 Å². The number of rotatable bonds is 8. The first-order chi connectivity index (χ1) is 10.4. The summed E-state index contributed by atoms with van der Waals surface area (Å²) in [5.41, 5.74) is 7.16. The third kappa shape index (κ3) is 6.93. The number of carbonyl (C=O) groups excluding carboxylic acids is 2. The van der Waals surface area contributed by atoms with Crippen molar-refractivity contribution in [3.8, 4) is 0 Å². The van der Waals surface area contributed by atoms with Crippen LogP contribution in [0.2, 0.25) is 0 Å². The number of amides is 2. The first kappa shape index (κ1) is 18.5. The number of nitrogens with two attached hydrogens (primary N) is 1. The van der Waals surface area contributed by atoms with Gasteiger partial charge in [0.1, 0.15) is 0 Å². The van der Waals surface area contributed by atoms with Crippen LogP contribution in [0.5, 0.6) is 0 Å². The lowest BCUT2D eigenvalue weighted by atomic mass is 10.2. The molecule has 1 aromatic carbocycles. The highest BCUT2D eigenvalue weighted by molar-refractivity contribution is 7.98. The van der Waals surface area contributed by atoms with Crippen LogP contribution in [0.3, 0.4) is 0 Å². The van der Waals surface area contributed by atoms with Gasteiger partial charge in [-0.15, -0.1) is 0 Å². The second-order valence-corrected chi connectivity index (χ2v) is 6.23. The van der Waals surface area contributed by atoms with Crippen LogP contribution in [0.25, 0.3) is 0 Å². The van der Waals surface area contributed by atoms with Crippen LogP contribution in [0.1, 0.15) is 6.42 Å². The van der Waals surface area contributed by atoms with Crippen molar-refractivity contribution in [1.29, 1.82) is 0 Å². The Morgan fingerprint density at radius 2 is 1.73 bits per heavy atom. The van der Waals surface area contributed by atoms with Gasteiger partial charge in [0.2, 0.25) is 11.8 Å². The lowest BCUT2D eigenvalue weighted by molar-refractivity contribution is -0.118. The summed E-state index contributed by atoms with van der Waals surface area (Å²) in [6.45, 7) is 0.322. The van der Waals surface area contributed by atoms with Crippen molar-refractivity contribution in [1.82, 2.24) is 4.90 Å². The minimum atomic E-state index is -0.507. The number of nitrogens with one attached hydrogen (secondary N) is 2. The summed E-state index contributed by atoms with van der Waals surface area (Å²) in [5.74, 6) is 0.574. The molecule has 4 N–H and O–H groups in total. The van der Waals surface area contributed by atoms with Gasteiger partial charge in [-0.25, -0.2) is 0 Å². The molecule has 0 unspecified atom stereocenters. The molecule has 0 aliphatic rings. The minimum Gasteiger partial charge on any atom is -0.325 e. The zero-order valence-electron chi connectivity index (χ0n) is 13.3. The van der Waals surface area contributed by atoms with Gasteiger partial charge in [0.25, 0.3) is 0 Å². The number of thioether (sulfide) groups is 1. The highest BCUT2D eigenvalue weighted by Crippen LogP contribution is 2.14. The van der Waals surface area contributed by atoms with E-state index in [-0.39, 0.29) is 11.8 Å². The number of hydrogen-bond acceptors (Lipinski definition) is 5. The predicted molar refractivity (Wildman–Crippen MR) is 93.2 cm³/mol. The molecule has 0 spiro atoms. The molecule has 0 heterocycles. The summed E-state index contributed by atoms with van der Waals surface area (Å²) >= 11 is 1.66. The predicted octanol–water partition coefficient (Wildman–Crippen LogP) is 1.21. The molecule has 0 aliphatic carbocycles. The van der Waals surface area contributed by atoms with E-state index in [1.54, 1.807) is 40.9 Å². The number of benzene rings is 1. The zero-order valence-corrected chi connectivity index (χ0v) is 14.1. The Kier molecular flexibility index (Phi) is 7.94. The summed E-state index contributed by atoms with van der Waals surface area (Å²) in [5, 5.41) is 5.55. The Morgan fingerprint density at radius 1 is 1.18 bits per heavy atom. The largest absolute Gasteiger partial charge is 0.325 e. The van der Waals surface area contributed by atoms with E-state index in [0.29, 0.717) is 24.3 Å². The van der Waals surface area contributed by atoms with Gasteiger partial charge in [-0.05, 0) is 56.8 Å². The van der Waals surface area contributed by atoms with Crippen molar-refractivity contribution in [3.05, 3.63) is 24.3 Å². The van der Waals surface area contributed by atoms with Crippen molar-refractivity contribution in [2.75, 3.05) is 43.3 Å². The highest BCUT2D eigenvalue weighted by atomic mass is 32.2. The Labute approximate surface area is 135 Å². The molecule has 0 aromatic heterocycles. The third-order valence-electron chi connectivity index (χ3n) is 2.87. The molecule has 7 heteroatoms. The molecule has 0 saturated heterocycles. The maximum atomic E-state index is 11.9. The van der Waals surface area contributed by atoms with Gasteiger partial charge >= 0.3 is 0 Å². The average molecular weight is 324 g/mol. The fraction of sp³-hybridized carbons (Fsp3) is 0.467. The van der Waals surface area contributed by atoms with Crippen molar-refractivity contribution < 1.29 is 9.59 Å². The summed E-state index contributed by atoms with van der Waals surface area (Å²) < 4.78 is 0. The lowest BCUT2D eigenvalue weighted by Gasteiger charge is -2.13. The fourth-order valence-corrected chi connectivity index (χ4v) is 2.23. The zero-order chi connectivity index (χ0) is 16.5. The Hall–Kier alpha value is -1.57. The van der Waals surface area contributed by atoms with E-state index in [9.17, 15) is 9.59 Å². The number of anilines is 2. The van der Waals surface area contributed by atoms with Crippen molar-refractivity contribution in [2.45, 2.75) is 12.5 Å². The lowest BCUT2D eigenvalue weighted by Crippen LogP contribution is -2.36. The number of carbonyl (C=O) groups is 2. The van der Waals surface area contributed by atoms with E-state index in [1.165, 1.54) is 0 Å². The molecule has 22 heavy (non-hydrogen) atoms. The van der Waals surface area contributed by atoms with E-state index >= 15 is 0 Å². The van der Waals surface area contributed by atoms with Gasteiger partial charge in [-0.3, -0.25) is 9.59 Å². The molecule has 1 rings (SSSR count). The quantitative estimate of drug-likeness (QED) is 0.669. The van der Waals surface area contributed by atoms with Crippen LogP contribution >= 0.6 is 11.8 Å². The molecule has 1 atom stereocenters. The van der Waals surface area contributed by atoms with Gasteiger partial charge in [0, 0.05) is 11.4 Å². The molecule has 0 fully saturated rings. The number of nitrogens with zero attached hydrogens (tertiary/aromatic N) is 1. The highest BCUT2D eigenvalue weighted by Gasteiger charge is 2.13. The summed E-state index contributed by atoms with van der Waals surface area (Å²) in [7, 11) is 3.66. The van der Waals surface area contributed by atoms with Gasteiger partial charge in [0.05, 0.1) is 12.6 Å². The second kappa shape index (κ2) is 9.45. The Balaban J connectivity index is 2.51. The van der Waals surface area contributed by atoms with Crippen LogP contribution in [0.4, 0.5) is 11.4 Å². The molecule has 0 saturated carbocycles. The van der Waals surface area contributed by atoms with Crippen molar-refractivity contribution >= 4 is 35.0 Å². The number of likely N-dealkylation sites (N-methyl/N-ethyl adjacent to an activating group) is 1. The molecule has 0 bridgehead atoms. The summed E-state index contributed by atoms with van der Waals surface area (Å²) in [6.07, 6.45) is 2.62. The van der Waals surface area contributed by atoms with E-state index in [0.717, 1.165) is 5.75 Å². The average Bonchev–Trinajstić information content (AvgIpc) is 2.45. The molecule has 1 aromatic rings. The SMILES string of the molecule is CSCC[C@H](N)C(=O)Nc1ccc(NC(=O)CN(C)C)cc1. The first-order valence-corrected chi connectivity index (χ1v) is 8.41. The molecular formula is C15H24N4O2S. The Bertz CT molecular complexity index is 491. The first-order valence-electron chi connectivity index (χ1n) is 7.02. The van der Waals surface area contributed by atoms with Crippen LogP contribution in [-0.4, -0.2) is 55.4 Å². The van der Waals surface area contributed by atoms with Gasteiger partial charge < -0.3 is 21.3 Å². The Morgan fingerprint density at radius 3 is 2.23 bits per heavy atom. The second-order valence-electron chi connectivity index (χ2n) is 5.24. The van der Waals surface area contributed by atoms with Gasteiger partial charge in [-0.1, -0.05) is 0 Å². The summed E-state index contributed by atoms with van der Waals surface area (Å²) in [4.78, 5) is 25.3. The molecule has 6 nitrogen and oxygen atoms in total. The normalized spacial score (nSPS) is 12.0. The van der Waals surface area contributed by atoms with Crippen LogP contribution in [0, 0.1) is 0 Å². The van der Waals surface area contributed by atoms with E-state index in [1.807, 2.05) is 20.4 Å². The smallest absolute Gasteiger partial charge is 0.241 e. The van der Waals surface area contributed by atoms with E-state index < -0.39 is 6.04 Å². The number of hydrogen-bond donors (Lipinski definition) is 3. The molecular weight excluding hydrogens is 300 g/mol. The van der Waals surface area contributed by atoms with Crippen LogP contribution < -0.4 is 16.4 Å². The van der Waals surface area contributed by atoms with Gasteiger partial charge in [0.15, 0.2) is 0 Å². The maximum Gasteiger partial charge on any atom is 0.241 e. The topological polar surface area (TPSA) is 87.5 Å². The van der Waals surface area contributed by atoms with Crippen LogP contribution in [-0.2, 0) is 9.59 Å². The van der Waals surface area contributed by atoms with Crippen molar-refractivity contribution in [3.63, 3.8) is 0 Å². The van der Waals surface area contributed by atoms with Crippen molar-refractivity contribution in [2.24, 2.45) is 5.73 Å². The minimum absolute atomic E-state index is 0.0825. The van der Waals surface area contributed by atoms with Gasteiger partial charge in [-0.2, -0.15) is 11.8 Å². The fourth-order valence-electron chi connectivity index (χ4n) is 1.74. The third-order valence-corrected chi connectivity index (χ3v) is 3.51. The monoisotopic (exact) mass is 324 g/mol. The standard InChI is InChI=1S/C15H24N4O2S/c1-19(2)10-14(20)17-11-4-6-12(7-5-11)18-15(21)13(16)8-9-22-3/h4-7,13H,8-10,16H2,1-3H3,(H,17,20)(H,18,21)/t13-/m0/s1. The molecule has 0 aliphatic heterocycles. The molecule has 122 valence electrons. The summed E-state index contributed by atoms with van der Waals surface area (Å²) in [6, 6.07) is 6.47. The van der Waals surface area contributed by atoms with Crippen LogP contribution in [0.15, 0.2) is 24.3 Å². The maximum absolute atomic E-state index is 11.9. The molecule has 2 amide bonds.